The van der Waals surface area contributed by atoms with Gasteiger partial charge in [-0.3, -0.25) is 38.4 Å². The lowest BCUT2D eigenvalue weighted by Gasteiger charge is -2.45. The third-order valence-electron chi connectivity index (χ3n) is 13.4. The minimum atomic E-state index is -0.926. The molecule has 398 valence electrons. The van der Waals surface area contributed by atoms with Crippen molar-refractivity contribution in [3.05, 3.63) is 0 Å². The molecule has 1 aliphatic heterocycles. The maximum atomic E-state index is 13.5. The third-order valence-corrected chi connectivity index (χ3v) is 13.4. The molecule has 18 heteroatoms. The molecular formula is C52H86N4O14. The van der Waals surface area contributed by atoms with E-state index < -0.39 is 48.6 Å². The summed E-state index contributed by atoms with van der Waals surface area (Å²) in [6.45, 7) is 15.2. The summed E-state index contributed by atoms with van der Waals surface area (Å²) in [6, 6.07) is -1.39. The molecule has 1 saturated heterocycles. The van der Waals surface area contributed by atoms with Crippen LogP contribution in [-0.4, -0.2) is 123 Å². The number of esters is 3. The van der Waals surface area contributed by atoms with E-state index in [1.165, 1.54) is 27.7 Å². The Morgan fingerprint density at radius 2 is 1.24 bits per heavy atom. The maximum absolute atomic E-state index is 13.5. The van der Waals surface area contributed by atoms with Crippen LogP contribution in [0.15, 0.2) is 0 Å². The van der Waals surface area contributed by atoms with Gasteiger partial charge in [0, 0.05) is 97.9 Å². The van der Waals surface area contributed by atoms with Crippen LogP contribution < -0.4 is 21.3 Å². The van der Waals surface area contributed by atoms with Gasteiger partial charge in [-0.1, -0.05) is 40.5 Å². The first-order valence-electron chi connectivity index (χ1n) is 25.8. The summed E-state index contributed by atoms with van der Waals surface area (Å²) in [6.07, 6.45) is 12.0. The number of ether oxygens (including phenoxy) is 6. The quantitative estimate of drug-likeness (QED) is 0.0268. The van der Waals surface area contributed by atoms with E-state index in [9.17, 15) is 38.4 Å². The van der Waals surface area contributed by atoms with Crippen molar-refractivity contribution in [1.29, 1.82) is 0 Å². The highest BCUT2D eigenvalue weighted by atomic mass is 16.7. The van der Waals surface area contributed by atoms with Crippen molar-refractivity contribution in [2.75, 3.05) is 32.9 Å². The van der Waals surface area contributed by atoms with Crippen LogP contribution in [0.5, 0.6) is 0 Å². The highest BCUT2D eigenvalue weighted by Gasteiger charge is 2.49. The largest absolute Gasteiger partial charge is 0.463 e. The van der Waals surface area contributed by atoms with Gasteiger partial charge in [-0.25, -0.2) is 0 Å². The molecule has 0 aromatic heterocycles. The Morgan fingerprint density at radius 1 is 0.657 bits per heavy atom. The van der Waals surface area contributed by atoms with Crippen LogP contribution in [0.2, 0.25) is 0 Å². The van der Waals surface area contributed by atoms with Crippen LogP contribution in [0.4, 0.5) is 0 Å². The molecular weight excluding hydrogens is 905 g/mol. The molecule has 1 saturated carbocycles. The number of nitrogens with one attached hydrogen (secondary N) is 4. The minimum Gasteiger partial charge on any atom is -0.463 e. The Balaban J connectivity index is 1.84. The summed E-state index contributed by atoms with van der Waals surface area (Å²) in [4.78, 5) is 99.0. The number of unbranched alkanes of at least 4 members (excludes halogenated alkanes) is 6. The Hall–Kier alpha value is -4.60. The molecule has 2 fully saturated rings. The predicted molar refractivity (Wildman–Crippen MR) is 261 cm³/mol. The molecule has 1 aliphatic carbocycles. The molecule has 0 bridgehead atoms. The van der Waals surface area contributed by atoms with Gasteiger partial charge in [0.1, 0.15) is 12.7 Å². The summed E-state index contributed by atoms with van der Waals surface area (Å²) in [7, 11) is 0. The second kappa shape index (κ2) is 34.7. The van der Waals surface area contributed by atoms with Gasteiger partial charge in [0.25, 0.3) is 0 Å². The van der Waals surface area contributed by atoms with Crippen LogP contribution in [-0.2, 0) is 66.8 Å². The third kappa shape index (κ3) is 24.5. The Bertz CT molecular complexity index is 1690. The number of hydrogen-bond donors (Lipinski definition) is 4. The lowest BCUT2D eigenvalue weighted by molar-refractivity contribution is -0.255. The van der Waals surface area contributed by atoms with Crippen molar-refractivity contribution < 1.29 is 66.8 Å². The molecule has 2 aliphatic rings. The molecule has 0 aromatic rings. The van der Waals surface area contributed by atoms with Gasteiger partial charge in [0.2, 0.25) is 23.6 Å². The van der Waals surface area contributed by atoms with Gasteiger partial charge in [-0.05, 0) is 82.5 Å². The second-order valence-corrected chi connectivity index (χ2v) is 19.0. The van der Waals surface area contributed by atoms with Gasteiger partial charge in [-0.15, -0.1) is 12.3 Å². The second-order valence-electron chi connectivity index (χ2n) is 19.0. The first-order valence-corrected chi connectivity index (χ1v) is 25.8. The zero-order valence-corrected chi connectivity index (χ0v) is 43.4. The van der Waals surface area contributed by atoms with E-state index in [0.717, 1.165) is 12.8 Å². The smallest absolute Gasteiger partial charge is 0.303 e. The average Bonchev–Trinajstić information content (AvgIpc) is 3.29. The van der Waals surface area contributed by atoms with Crippen LogP contribution in [0.1, 0.15) is 171 Å². The normalized spacial score (nSPS) is 24.5. The SMILES string of the molecule is C#CCCNC(=O)CCCCCCC(=O)[C@@H](CCCCNC(=O)CCCCOC1CC(CC)C(OC(C)=O)C(OC(C)=O)C1NC(C)=O)NC(=O)CCCCOC1OC(COC(C)=O)C(C)C(C)C1C. The number of hydrogen-bond acceptors (Lipinski definition) is 14. The topological polar surface area (TPSA) is 240 Å². The van der Waals surface area contributed by atoms with E-state index in [-0.39, 0.29) is 84.6 Å². The van der Waals surface area contributed by atoms with Crippen LogP contribution in [0, 0.1) is 36.0 Å². The first-order chi connectivity index (χ1) is 33.4. The van der Waals surface area contributed by atoms with Gasteiger partial charge in [0.05, 0.1) is 24.3 Å². The Labute approximate surface area is 417 Å². The van der Waals surface area contributed by atoms with Gasteiger partial charge in [0.15, 0.2) is 18.2 Å². The van der Waals surface area contributed by atoms with Crippen molar-refractivity contribution >= 4 is 47.3 Å². The number of rotatable bonds is 34. The first kappa shape index (κ1) is 61.5. The fourth-order valence-corrected chi connectivity index (χ4v) is 9.05. The van der Waals surface area contributed by atoms with Crippen molar-refractivity contribution in [3.8, 4) is 12.3 Å². The molecule has 11 atom stereocenters. The van der Waals surface area contributed by atoms with Gasteiger partial charge >= 0.3 is 17.9 Å². The van der Waals surface area contributed by atoms with Crippen molar-refractivity contribution in [2.24, 2.45) is 23.7 Å². The summed E-state index contributed by atoms with van der Waals surface area (Å²) in [5.74, 6) is 0.730. The van der Waals surface area contributed by atoms with Gasteiger partial charge < -0.3 is 49.7 Å². The molecule has 0 radical (unpaired) electrons. The van der Waals surface area contributed by atoms with E-state index in [1.807, 2.05) is 6.92 Å². The summed E-state index contributed by atoms with van der Waals surface area (Å²) in [5, 5.41) is 11.5. The lowest BCUT2D eigenvalue weighted by atomic mass is 9.77. The lowest BCUT2D eigenvalue weighted by Crippen LogP contribution is -2.63. The average molecular weight is 991 g/mol. The molecule has 4 N–H and O–H groups in total. The molecule has 0 aromatic carbocycles. The highest BCUT2D eigenvalue weighted by Crippen LogP contribution is 2.36. The Kier molecular flexibility index (Phi) is 30.5. The maximum Gasteiger partial charge on any atom is 0.303 e. The zero-order chi connectivity index (χ0) is 52.0. The van der Waals surface area contributed by atoms with Crippen LogP contribution >= 0.6 is 0 Å². The molecule has 70 heavy (non-hydrogen) atoms. The molecule has 0 spiro atoms. The monoisotopic (exact) mass is 991 g/mol. The summed E-state index contributed by atoms with van der Waals surface area (Å²) < 4.78 is 34.9. The number of carbonyl (C=O) groups excluding carboxylic acids is 8. The molecule has 4 amide bonds. The number of carbonyl (C=O) groups is 8. The standard InChI is InChI=1S/C52H86N4O14/c1-10-12-28-53-46(62)25-16-14-13-15-24-43(61)42(56-48(64)27-19-22-31-66-52-36(5)34(3)35(4)45(70-52)33-67-38(7)58)23-17-20-29-54-47(63)26-18-21-30-65-44-32-41(11-2)50(68-39(8)59)51(69-40(9)60)49(44)55-37(6)57/h1,34-36,41-42,44-45,49-52H,11-33H2,2-9H3,(H,53,62)(H,54,63)(H,55,57)(H,56,64)/t34?,35?,36?,41?,42-,44?,45?,49?,50?,51?,52?/m1/s1. The Morgan fingerprint density at radius 3 is 1.84 bits per heavy atom. The summed E-state index contributed by atoms with van der Waals surface area (Å²) >= 11 is 0. The number of Topliss-reactive ketones (excluding diaryl/α,β-unsaturated/α-hetero) is 1. The minimum absolute atomic E-state index is 0.0390. The van der Waals surface area contributed by atoms with E-state index in [2.05, 4.69) is 48.0 Å². The molecule has 18 nitrogen and oxygen atoms in total. The zero-order valence-electron chi connectivity index (χ0n) is 43.4. The van der Waals surface area contributed by atoms with E-state index >= 15 is 0 Å². The fraction of sp³-hybridized carbons (Fsp3) is 0.808. The molecule has 1 heterocycles. The van der Waals surface area contributed by atoms with Gasteiger partial charge in [-0.2, -0.15) is 0 Å². The predicted octanol–water partition coefficient (Wildman–Crippen LogP) is 5.54. The highest BCUT2D eigenvalue weighted by molar-refractivity contribution is 5.89. The van der Waals surface area contributed by atoms with Crippen molar-refractivity contribution in [3.63, 3.8) is 0 Å². The van der Waals surface area contributed by atoms with E-state index in [1.54, 1.807) is 0 Å². The molecule has 2 rings (SSSR count). The van der Waals surface area contributed by atoms with Crippen LogP contribution in [0.3, 0.4) is 0 Å². The fourth-order valence-electron chi connectivity index (χ4n) is 9.05. The summed E-state index contributed by atoms with van der Waals surface area (Å²) in [5.41, 5.74) is 0. The van der Waals surface area contributed by atoms with Crippen molar-refractivity contribution in [2.45, 2.75) is 214 Å². The van der Waals surface area contributed by atoms with Crippen LogP contribution in [0.25, 0.3) is 0 Å². The number of terminal acetylenes is 1. The molecule has 10 unspecified atom stereocenters. The number of amides is 4. The van der Waals surface area contributed by atoms with E-state index in [4.69, 9.17) is 34.8 Å². The van der Waals surface area contributed by atoms with E-state index in [0.29, 0.717) is 116 Å². The van der Waals surface area contributed by atoms with Crippen molar-refractivity contribution in [1.82, 2.24) is 21.3 Å². The number of ketones is 1.